The number of nitrogens with zero attached hydrogens (tertiary/aromatic N) is 4. The van der Waals surface area contributed by atoms with E-state index in [0.717, 1.165) is 61.3 Å². The minimum Gasteiger partial charge on any atom is -0.369 e. The van der Waals surface area contributed by atoms with Gasteiger partial charge in [-0.2, -0.15) is 0 Å². The molecular formula is C21H26N4O. The Bertz CT molecular complexity index is 854. The number of carbonyl (C=O) groups excluding carboxylic acids is 1. The number of allylic oxidation sites excluding steroid dienone is 1. The molecule has 5 heteroatoms. The summed E-state index contributed by atoms with van der Waals surface area (Å²) in [4.78, 5) is 22.1. The highest BCUT2D eigenvalue weighted by Gasteiger charge is 2.36. The van der Waals surface area contributed by atoms with Crippen molar-refractivity contribution in [2.75, 3.05) is 32.7 Å². The fourth-order valence-corrected chi connectivity index (χ4v) is 4.75. The number of hydrogen-bond acceptors (Lipinski definition) is 4. The van der Waals surface area contributed by atoms with Gasteiger partial charge in [0.1, 0.15) is 5.65 Å². The van der Waals surface area contributed by atoms with Gasteiger partial charge >= 0.3 is 0 Å². The van der Waals surface area contributed by atoms with E-state index < -0.39 is 0 Å². The molecule has 0 atom stereocenters. The standard InChI is InChI=1S/C21H26N4O/c26-20-16-5-10-24(11-6-16)19(20)14-17-15-25(13-12-23-8-1-2-9-23)21-18(17)4-3-7-22-21/h3-4,7,14-16H,1-2,5-6,8-13H2/b19-14-. The molecule has 0 amide bonds. The fraction of sp³-hybridized carbons (Fsp3) is 0.524. The van der Waals surface area contributed by atoms with Gasteiger partial charge in [-0.25, -0.2) is 4.98 Å². The molecule has 0 unspecified atom stereocenters. The van der Waals surface area contributed by atoms with Crippen molar-refractivity contribution in [1.82, 2.24) is 19.4 Å². The Morgan fingerprint density at radius 2 is 1.92 bits per heavy atom. The SMILES string of the molecule is O=C1/C(=C/c2cn(CCN3CCCC3)c3ncccc23)N2CCC1CC2. The molecule has 136 valence electrons. The zero-order valence-electron chi connectivity index (χ0n) is 15.2. The Balaban J connectivity index is 1.48. The summed E-state index contributed by atoms with van der Waals surface area (Å²) in [5, 5.41) is 1.15. The summed E-state index contributed by atoms with van der Waals surface area (Å²) < 4.78 is 2.26. The lowest BCUT2D eigenvalue weighted by Crippen LogP contribution is -2.45. The van der Waals surface area contributed by atoms with Crippen molar-refractivity contribution < 1.29 is 4.79 Å². The van der Waals surface area contributed by atoms with Crippen LogP contribution in [0.4, 0.5) is 0 Å². The van der Waals surface area contributed by atoms with Gasteiger partial charge in [0.2, 0.25) is 0 Å². The number of fused-ring (bicyclic) bond motifs is 4. The molecule has 4 fully saturated rings. The van der Waals surface area contributed by atoms with Gasteiger partial charge in [0.25, 0.3) is 0 Å². The predicted octanol–water partition coefficient (Wildman–Crippen LogP) is 2.77. The van der Waals surface area contributed by atoms with Crippen LogP contribution in [-0.4, -0.2) is 57.9 Å². The molecule has 0 radical (unpaired) electrons. The number of hydrogen-bond donors (Lipinski definition) is 0. The van der Waals surface area contributed by atoms with E-state index in [0.29, 0.717) is 5.78 Å². The van der Waals surface area contributed by atoms with Crippen molar-refractivity contribution in [3.8, 4) is 0 Å². The summed E-state index contributed by atoms with van der Waals surface area (Å²) >= 11 is 0. The zero-order valence-corrected chi connectivity index (χ0v) is 15.2. The van der Waals surface area contributed by atoms with E-state index in [1.165, 1.54) is 25.9 Å². The normalized spacial score (nSPS) is 23.0. The molecule has 5 nitrogen and oxygen atoms in total. The molecule has 0 N–H and O–H groups in total. The molecule has 0 saturated carbocycles. The number of pyridine rings is 1. The molecule has 0 spiro atoms. The summed E-state index contributed by atoms with van der Waals surface area (Å²) in [7, 11) is 0. The molecular weight excluding hydrogens is 324 g/mol. The molecule has 2 aromatic rings. The molecule has 4 saturated heterocycles. The smallest absolute Gasteiger partial charge is 0.182 e. The molecule has 4 aliphatic heterocycles. The summed E-state index contributed by atoms with van der Waals surface area (Å²) in [6.07, 6.45) is 10.9. The van der Waals surface area contributed by atoms with E-state index >= 15 is 0 Å². The summed E-state index contributed by atoms with van der Waals surface area (Å²) in [6, 6.07) is 4.12. The van der Waals surface area contributed by atoms with Crippen LogP contribution >= 0.6 is 0 Å². The van der Waals surface area contributed by atoms with Crippen LogP contribution in [0.5, 0.6) is 0 Å². The highest BCUT2D eigenvalue weighted by Crippen LogP contribution is 2.33. The van der Waals surface area contributed by atoms with Crippen molar-refractivity contribution in [3.05, 3.63) is 35.8 Å². The quantitative estimate of drug-likeness (QED) is 0.795. The van der Waals surface area contributed by atoms with Gasteiger partial charge < -0.3 is 14.4 Å². The first-order valence-corrected chi connectivity index (χ1v) is 9.97. The molecule has 0 aromatic carbocycles. The molecule has 2 bridgehead atoms. The number of ketones is 1. The van der Waals surface area contributed by atoms with Crippen molar-refractivity contribution >= 4 is 22.9 Å². The maximum absolute atomic E-state index is 12.7. The van der Waals surface area contributed by atoms with Gasteiger partial charge in [-0.1, -0.05) is 0 Å². The van der Waals surface area contributed by atoms with Gasteiger partial charge in [0, 0.05) is 55.4 Å². The van der Waals surface area contributed by atoms with Crippen LogP contribution in [-0.2, 0) is 11.3 Å². The third-order valence-corrected chi connectivity index (χ3v) is 6.27. The summed E-state index contributed by atoms with van der Waals surface area (Å²) in [5.41, 5.74) is 3.07. The van der Waals surface area contributed by atoms with Crippen LogP contribution < -0.4 is 0 Å². The lowest BCUT2D eigenvalue weighted by atomic mass is 9.84. The lowest BCUT2D eigenvalue weighted by Gasteiger charge is -2.41. The summed E-state index contributed by atoms with van der Waals surface area (Å²) in [6.45, 7) is 6.51. The maximum Gasteiger partial charge on any atom is 0.182 e. The fourth-order valence-electron chi connectivity index (χ4n) is 4.75. The van der Waals surface area contributed by atoms with Gasteiger partial charge in [0.05, 0.1) is 5.70 Å². The van der Waals surface area contributed by atoms with E-state index in [-0.39, 0.29) is 5.92 Å². The van der Waals surface area contributed by atoms with Crippen LogP contribution in [0.15, 0.2) is 30.2 Å². The minimum atomic E-state index is 0.243. The minimum absolute atomic E-state index is 0.243. The Kier molecular flexibility index (Phi) is 4.04. The molecule has 6 heterocycles. The van der Waals surface area contributed by atoms with E-state index in [2.05, 4.69) is 37.7 Å². The second kappa shape index (κ2) is 6.54. The number of aromatic nitrogens is 2. The lowest BCUT2D eigenvalue weighted by molar-refractivity contribution is -0.125. The summed E-state index contributed by atoms with van der Waals surface area (Å²) in [5.74, 6) is 0.581. The largest absolute Gasteiger partial charge is 0.369 e. The number of likely N-dealkylation sites (tertiary alicyclic amines) is 1. The van der Waals surface area contributed by atoms with Gasteiger partial charge in [-0.3, -0.25) is 4.79 Å². The Morgan fingerprint density at radius 3 is 2.69 bits per heavy atom. The molecule has 0 aliphatic carbocycles. The van der Waals surface area contributed by atoms with E-state index in [4.69, 9.17) is 0 Å². The Hall–Kier alpha value is -2.14. The van der Waals surface area contributed by atoms with E-state index in [9.17, 15) is 4.79 Å². The number of rotatable bonds is 4. The van der Waals surface area contributed by atoms with Gasteiger partial charge in [0.15, 0.2) is 5.78 Å². The molecule has 6 rings (SSSR count). The van der Waals surface area contributed by atoms with Crippen LogP contribution in [0.25, 0.3) is 17.1 Å². The average molecular weight is 350 g/mol. The highest BCUT2D eigenvalue weighted by atomic mass is 16.1. The van der Waals surface area contributed by atoms with Crippen molar-refractivity contribution in [1.29, 1.82) is 0 Å². The molecule has 26 heavy (non-hydrogen) atoms. The monoisotopic (exact) mass is 350 g/mol. The number of Topliss-reactive ketones (excluding diaryl/α,β-unsaturated/α-hetero) is 1. The first kappa shape index (κ1) is 16.1. The molecule has 4 aliphatic rings. The van der Waals surface area contributed by atoms with Crippen LogP contribution in [0.2, 0.25) is 0 Å². The number of piperidine rings is 3. The van der Waals surface area contributed by atoms with Gasteiger partial charge in [-0.15, -0.1) is 0 Å². The first-order valence-electron chi connectivity index (χ1n) is 9.97. The van der Waals surface area contributed by atoms with Crippen molar-refractivity contribution in [2.24, 2.45) is 5.92 Å². The van der Waals surface area contributed by atoms with Crippen molar-refractivity contribution in [3.63, 3.8) is 0 Å². The second-order valence-corrected chi connectivity index (χ2v) is 7.86. The van der Waals surface area contributed by atoms with E-state index in [1.54, 1.807) is 0 Å². The zero-order chi connectivity index (χ0) is 17.5. The second-order valence-electron chi connectivity index (χ2n) is 7.86. The Morgan fingerprint density at radius 1 is 1.12 bits per heavy atom. The van der Waals surface area contributed by atoms with Gasteiger partial charge in [-0.05, 0) is 57.0 Å². The van der Waals surface area contributed by atoms with Crippen LogP contribution in [0, 0.1) is 5.92 Å². The van der Waals surface area contributed by atoms with E-state index in [1.807, 2.05) is 12.3 Å². The molecule has 2 aromatic heterocycles. The number of carbonyl (C=O) groups is 1. The maximum atomic E-state index is 12.7. The third kappa shape index (κ3) is 2.75. The third-order valence-electron chi connectivity index (χ3n) is 6.27. The first-order chi connectivity index (χ1) is 12.8. The predicted molar refractivity (Wildman–Crippen MR) is 103 cm³/mol. The van der Waals surface area contributed by atoms with Crippen molar-refractivity contribution in [2.45, 2.75) is 32.2 Å². The van der Waals surface area contributed by atoms with Crippen LogP contribution in [0.3, 0.4) is 0 Å². The Labute approximate surface area is 154 Å². The topological polar surface area (TPSA) is 41.4 Å². The van der Waals surface area contributed by atoms with Crippen LogP contribution in [0.1, 0.15) is 31.2 Å². The average Bonchev–Trinajstić information content (AvgIpc) is 3.32. The highest BCUT2D eigenvalue weighted by molar-refractivity contribution is 6.03.